The molecule has 3 rings (SSSR count). The van der Waals surface area contributed by atoms with Crippen LogP contribution in [0.1, 0.15) is 40.5 Å². The SMILES string of the molecule is C#Cc1cc2c(cc1C#N)C1CNCC2C1. The maximum Gasteiger partial charge on any atom is 0.100 e. The van der Waals surface area contributed by atoms with E-state index in [9.17, 15) is 0 Å². The molecule has 1 aliphatic carbocycles. The van der Waals surface area contributed by atoms with Crippen molar-refractivity contribution in [3.8, 4) is 18.4 Å². The summed E-state index contributed by atoms with van der Waals surface area (Å²) in [5.41, 5.74) is 4.09. The van der Waals surface area contributed by atoms with Crippen molar-refractivity contribution in [2.75, 3.05) is 13.1 Å². The predicted molar refractivity (Wildman–Crippen MR) is 62.1 cm³/mol. The van der Waals surface area contributed by atoms with Crippen molar-refractivity contribution < 1.29 is 0 Å². The number of benzene rings is 1. The van der Waals surface area contributed by atoms with Gasteiger partial charge in [0.1, 0.15) is 6.07 Å². The van der Waals surface area contributed by atoms with Crippen molar-refractivity contribution in [2.24, 2.45) is 0 Å². The molecule has 1 saturated heterocycles. The smallest absolute Gasteiger partial charge is 0.100 e. The lowest BCUT2D eigenvalue weighted by atomic mass is 9.96. The Labute approximate surface area is 95.3 Å². The second-order valence-corrected chi connectivity index (χ2v) is 4.57. The summed E-state index contributed by atoms with van der Waals surface area (Å²) >= 11 is 0. The number of hydrogen-bond acceptors (Lipinski definition) is 2. The van der Waals surface area contributed by atoms with Gasteiger partial charge in [-0.25, -0.2) is 0 Å². The van der Waals surface area contributed by atoms with E-state index in [0.717, 1.165) is 18.7 Å². The van der Waals surface area contributed by atoms with Gasteiger partial charge in [-0.2, -0.15) is 5.26 Å². The van der Waals surface area contributed by atoms with Crippen LogP contribution in [0.15, 0.2) is 12.1 Å². The molecule has 0 spiro atoms. The summed E-state index contributed by atoms with van der Waals surface area (Å²) in [5.74, 6) is 3.78. The molecule has 78 valence electrons. The minimum atomic E-state index is 0.577. The van der Waals surface area contributed by atoms with Crippen LogP contribution in [0.25, 0.3) is 0 Å². The van der Waals surface area contributed by atoms with Crippen LogP contribution in [-0.2, 0) is 0 Å². The van der Waals surface area contributed by atoms with Gasteiger partial charge < -0.3 is 5.32 Å². The fourth-order valence-corrected chi connectivity index (χ4v) is 2.97. The molecule has 2 aliphatic rings. The first-order valence-corrected chi connectivity index (χ1v) is 5.58. The second-order valence-electron chi connectivity index (χ2n) is 4.57. The van der Waals surface area contributed by atoms with E-state index in [1.807, 2.05) is 12.1 Å². The number of nitrogens with one attached hydrogen (secondary N) is 1. The third-order valence-electron chi connectivity index (χ3n) is 3.73. The van der Waals surface area contributed by atoms with Gasteiger partial charge in [0.25, 0.3) is 0 Å². The zero-order valence-corrected chi connectivity index (χ0v) is 8.96. The molecule has 2 heteroatoms. The Morgan fingerprint density at radius 3 is 2.38 bits per heavy atom. The van der Waals surface area contributed by atoms with Crippen molar-refractivity contribution in [3.05, 3.63) is 34.4 Å². The van der Waals surface area contributed by atoms with Crippen LogP contribution in [0.4, 0.5) is 0 Å². The number of terminal acetylenes is 1. The molecule has 1 aromatic rings. The Morgan fingerprint density at radius 2 is 1.81 bits per heavy atom. The third-order valence-corrected chi connectivity index (χ3v) is 3.73. The van der Waals surface area contributed by atoms with Crippen molar-refractivity contribution in [3.63, 3.8) is 0 Å². The first kappa shape index (κ1) is 9.46. The minimum absolute atomic E-state index is 0.577. The monoisotopic (exact) mass is 208 g/mol. The van der Waals surface area contributed by atoms with E-state index in [4.69, 9.17) is 11.7 Å². The number of fused-ring (bicyclic) bond motifs is 5. The Hall–Kier alpha value is -1.77. The fourth-order valence-electron chi connectivity index (χ4n) is 2.97. The highest BCUT2D eigenvalue weighted by atomic mass is 14.9. The topological polar surface area (TPSA) is 35.8 Å². The average Bonchev–Trinajstić information content (AvgIpc) is 2.59. The summed E-state index contributed by atoms with van der Waals surface area (Å²) in [6.07, 6.45) is 6.65. The molecule has 0 aromatic heterocycles. The zero-order valence-electron chi connectivity index (χ0n) is 8.96. The van der Waals surface area contributed by atoms with Crippen LogP contribution in [0, 0.1) is 23.7 Å². The first-order valence-electron chi connectivity index (χ1n) is 5.58. The molecule has 2 bridgehead atoms. The van der Waals surface area contributed by atoms with Gasteiger partial charge in [0.05, 0.1) is 5.56 Å². The van der Waals surface area contributed by atoms with Crippen molar-refractivity contribution >= 4 is 0 Å². The molecule has 0 saturated carbocycles. The standard InChI is InChI=1S/C14H12N2/c1-2-9-4-13-11-3-12(8-16-7-11)14(13)5-10(9)6-15/h1,4-5,11-12,16H,3,7-8H2. The number of nitriles is 1. The third kappa shape index (κ3) is 1.18. The van der Waals surface area contributed by atoms with E-state index in [-0.39, 0.29) is 0 Å². The minimum Gasteiger partial charge on any atom is -0.316 e. The summed E-state index contributed by atoms with van der Waals surface area (Å²) in [5, 5.41) is 12.5. The average molecular weight is 208 g/mol. The van der Waals surface area contributed by atoms with Crippen LogP contribution in [0.2, 0.25) is 0 Å². The Bertz CT molecular complexity index is 484. The molecular formula is C14H12N2. The van der Waals surface area contributed by atoms with Crippen LogP contribution >= 0.6 is 0 Å². The fraction of sp³-hybridized carbons (Fsp3) is 0.357. The molecule has 0 amide bonds. The van der Waals surface area contributed by atoms with Gasteiger partial charge in [-0.15, -0.1) is 6.42 Å². The summed E-state index contributed by atoms with van der Waals surface area (Å²) in [6, 6.07) is 6.24. The summed E-state index contributed by atoms with van der Waals surface area (Å²) < 4.78 is 0. The summed E-state index contributed by atoms with van der Waals surface area (Å²) in [4.78, 5) is 0. The largest absolute Gasteiger partial charge is 0.316 e. The normalized spacial score (nSPS) is 25.6. The molecule has 0 radical (unpaired) electrons. The maximum absolute atomic E-state index is 9.06. The number of piperidine rings is 1. The van der Waals surface area contributed by atoms with Gasteiger partial charge in [-0.3, -0.25) is 0 Å². The van der Waals surface area contributed by atoms with E-state index in [0.29, 0.717) is 17.4 Å². The highest BCUT2D eigenvalue weighted by Crippen LogP contribution is 2.44. The van der Waals surface area contributed by atoms with Crippen molar-refractivity contribution in [2.45, 2.75) is 18.3 Å². The lowest BCUT2D eigenvalue weighted by Gasteiger charge is -2.19. The highest BCUT2D eigenvalue weighted by Gasteiger charge is 2.34. The van der Waals surface area contributed by atoms with E-state index in [1.54, 1.807) is 0 Å². The predicted octanol–water partition coefficient (Wildman–Crippen LogP) is 1.71. The molecule has 1 N–H and O–H groups in total. The van der Waals surface area contributed by atoms with Gasteiger partial charge in [0, 0.05) is 18.7 Å². The number of hydrogen-bond donors (Lipinski definition) is 1. The van der Waals surface area contributed by atoms with E-state index in [2.05, 4.69) is 17.3 Å². The molecule has 2 atom stereocenters. The van der Waals surface area contributed by atoms with Gasteiger partial charge in [-0.05, 0) is 41.5 Å². The van der Waals surface area contributed by atoms with E-state index < -0.39 is 0 Å². The van der Waals surface area contributed by atoms with Gasteiger partial charge >= 0.3 is 0 Å². The first-order chi connectivity index (χ1) is 7.83. The van der Waals surface area contributed by atoms with Gasteiger partial charge in [0.15, 0.2) is 0 Å². The van der Waals surface area contributed by atoms with Crippen LogP contribution in [-0.4, -0.2) is 13.1 Å². The molecule has 1 aromatic carbocycles. The van der Waals surface area contributed by atoms with Gasteiger partial charge in [-0.1, -0.05) is 5.92 Å². The maximum atomic E-state index is 9.06. The quantitative estimate of drug-likeness (QED) is 0.659. The molecule has 2 nitrogen and oxygen atoms in total. The molecule has 1 fully saturated rings. The van der Waals surface area contributed by atoms with Crippen LogP contribution < -0.4 is 5.32 Å². The van der Waals surface area contributed by atoms with Crippen LogP contribution in [0.3, 0.4) is 0 Å². The lowest BCUT2D eigenvalue weighted by molar-refractivity contribution is 0.454. The second kappa shape index (κ2) is 3.37. The molecular weight excluding hydrogens is 196 g/mol. The molecule has 1 heterocycles. The number of rotatable bonds is 0. The molecule has 1 aliphatic heterocycles. The summed E-state index contributed by atoms with van der Waals surface area (Å²) in [6.45, 7) is 2.07. The highest BCUT2D eigenvalue weighted by molar-refractivity contribution is 5.55. The Kier molecular flexibility index (Phi) is 1.99. The number of nitrogens with zero attached hydrogens (tertiary/aromatic N) is 1. The molecule has 2 unspecified atom stereocenters. The van der Waals surface area contributed by atoms with Gasteiger partial charge in [0.2, 0.25) is 0 Å². The van der Waals surface area contributed by atoms with E-state index in [1.165, 1.54) is 17.5 Å². The molecule has 16 heavy (non-hydrogen) atoms. The zero-order chi connectivity index (χ0) is 11.1. The van der Waals surface area contributed by atoms with Crippen molar-refractivity contribution in [1.29, 1.82) is 5.26 Å². The summed E-state index contributed by atoms with van der Waals surface area (Å²) in [7, 11) is 0. The Balaban J connectivity index is 2.21. The van der Waals surface area contributed by atoms with Crippen molar-refractivity contribution in [1.82, 2.24) is 5.32 Å². The van der Waals surface area contributed by atoms with Crippen LogP contribution in [0.5, 0.6) is 0 Å². The Morgan fingerprint density at radius 1 is 1.19 bits per heavy atom. The lowest BCUT2D eigenvalue weighted by Crippen LogP contribution is -2.28. The van der Waals surface area contributed by atoms with E-state index >= 15 is 0 Å².